The van der Waals surface area contributed by atoms with E-state index in [4.69, 9.17) is 0 Å². The van der Waals surface area contributed by atoms with E-state index in [2.05, 4.69) is 32.3 Å². The van der Waals surface area contributed by atoms with Crippen LogP contribution in [-0.2, 0) is 17.8 Å². The Balaban J connectivity index is 1.72. The molecule has 2 aromatic rings. The third-order valence-corrected chi connectivity index (χ3v) is 4.05. The summed E-state index contributed by atoms with van der Waals surface area (Å²) in [6.07, 6.45) is 4.54. The molecular weight excluding hydrogens is 330 g/mol. The van der Waals surface area contributed by atoms with Gasteiger partial charge in [-0.1, -0.05) is 0 Å². The molecule has 0 atom stereocenters. The van der Waals surface area contributed by atoms with E-state index >= 15 is 0 Å². The first-order valence-corrected chi connectivity index (χ1v) is 7.67. The highest BCUT2D eigenvalue weighted by Crippen LogP contribution is 2.30. The molecule has 3 rings (SSSR count). The van der Waals surface area contributed by atoms with Crippen LogP contribution in [0, 0.1) is 0 Å². The smallest absolute Gasteiger partial charge is 0.223 e. The van der Waals surface area contributed by atoms with E-state index in [1.165, 1.54) is 5.56 Å². The van der Waals surface area contributed by atoms with Gasteiger partial charge in [-0.25, -0.2) is 0 Å². The van der Waals surface area contributed by atoms with Crippen LogP contribution in [0.3, 0.4) is 0 Å². The molecule has 0 saturated carbocycles. The fourth-order valence-electron chi connectivity index (χ4n) is 2.60. The number of nitrogens with one attached hydrogen (secondary N) is 1. The molecule has 0 radical (unpaired) electrons. The average molecular weight is 346 g/mol. The van der Waals surface area contributed by atoms with Crippen LogP contribution < -0.4 is 10.2 Å². The number of carbonyl (C=O) groups excluding carboxylic acids is 1. The molecule has 0 spiro atoms. The van der Waals surface area contributed by atoms with E-state index in [1.54, 1.807) is 13.1 Å². The molecule has 0 saturated heterocycles. The van der Waals surface area contributed by atoms with E-state index in [0.717, 1.165) is 40.9 Å². The van der Waals surface area contributed by atoms with Gasteiger partial charge in [-0.2, -0.15) is 0 Å². The van der Waals surface area contributed by atoms with Crippen molar-refractivity contribution in [2.45, 2.75) is 19.9 Å². The summed E-state index contributed by atoms with van der Waals surface area (Å²) in [6.45, 7) is 3.12. The molecule has 0 fully saturated rings. The number of rotatable bonds is 3. The SMILES string of the molecule is CC(=O)N1CCc2cc(NCc3cncc(Br)c3)ccc21. The van der Waals surface area contributed by atoms with Crippen molar-refractivity contribution in [1.82, 2.24) is 4.98 Å². The first-order chi connectivity index (χ1) is 10.1. The van der Waals surface area contributed by atoms with E-state index in [9.17, 15) is 4.79 Å². The number of nitrogens with zero attached hydrogens (tertiary/aromatic N) is 2. The molecule has 1 amide bonds. The molecule has 2 heterocycles. The fraction of sp³-hybridized carbons (Fsp3) is 0.250. The van der Waals surface area contributed by atoms with E-state index in [0.29, 0.717) is 0 Å². The molecule has 21 heavy (non-hydrogen) atoms. The van der Waals surface area contributed by atoms with Gasteiger partial charge in [0.05, 0.1) is 0 Å². The van der Waals surface area contributed by atoms with Crippen molar-refractivity contribution in [2.75, 3.05) is 16.8 Å². The van der Waals surface area contributed by atoms with Crippen LogP contribution in [0.1, 0.15) is 18.1 Å². The van der Waals surface area contributed by atoms with Gasteiger partial charge >= 0.3 is 0 Å². The van der Waals surface area contributed by atoms with Crippen molar-refractivity contribution in [2.24, 2.45) is 0 Å². The molecule has 4 nitrogen and oxygen atoms in total. The second-order valence-electron chi connectivity index (χ2n) is 5.13. The maximum Gasteiger partial charge on any atom is 0.223 e. The number of halogens is 1. The Kier molecular flexibility index (Phi) is 3.92. The van der Waals surface area contributed by atoms with Gasteiger partial charge in [0.15, 0.2) is 0 Å². The predicted octanol–water partition coefficient (Wildman–Crippen LogP) is 3.37. The van der Waals surface area contributed by atoms with E-state index in [1.807, 2.05) is 29.3 Å². The number of anilines is 2. The van der Waals surface area contributed by atoms with Crippen molar-refractivity contribution < 1.29 is 4.79 Å². The molecule has 0 unspecified atom stereocenters. The Morgan fingerprint density at radius 2 is 2.24 bits per heavy atom. The number of hydrogen-bond donors (Lipinski definition) is 1. The van der Waals surface area contributed by atoms with E-state index in [-0.39, 0.29) is 5.91 Å². The molecule has 1 aromatic heterocycles. The Morgan fingerprint density at radius 3 is 3.00 bits per heavy atom. The highest BCUT2D eigenvalue weighted by atomic mass is 79.9. The fourth-order valence-corrected chi connectivity index (χ4v) is 3.01. The predicted molar refractivity (Wildman–Crippen MR) is 87.4 cm³/mol. The summed E-state index contributed by atoms with van der Waals surface area (Å²) in [6, 6.07) is 8.21. The summed E-state index contributed by atoms with van der Waals surface area (Å²) in [4.78, 5) is 17.5. The number of amides is 1. The number of aromatic nitrogens is 1. The molecular formula is C16H16BrN3O. The summed E-state index contributed by atoms with van der Waals surface area (Å²) in [5.41, 5.74) is 4.45. The third kappa shape index (κ3) is 3.08. The summed E-state index contributed by atoms with van der Waals surface area (Å²) in [5, 5.41) is 3.40. The molecule has 5 heteroatoms. The summed E-state index contributed by atoms with van der Waals surface area (Å²) >= 11 is 3.42. The normalized spacial score (nSPS) is 13.1. The monoisotopic (exact) mass is 345 g/mol. The van der Waals surface area contributed by atoms with Gasteiger partial charge in [-0.15, -0.1) is 0 Å². The Hall–Kier alpha value is -1.88. The van der Waals surface area contributed by atoms with Crippen LogP contribution in [0.4, 0.5) is 11.4 Å². The van der Waals surface area contributed by atoms with E-state index < -0.39 is 0 Å². The number of benzene rings is 1. The lowest BCUT2D eigenvalue weighted by molar-refractivity contribution is -0.116. The number of fused-ring (bicyclic) bond motifs is 1. The molecule has 1 aliphatic rings. The van der Waals surface area contributed by atoms with Crippen LogP contribution >= 0.6 is 15.9 Å². The quantitative estimate of drug-likeness (QED) is 0.927. The summed E-state index contributed by atoms with van der Waals surface area (Å²) in [7, 11) is 0. The van der Waals surface area contributed by atoms with Crippen molar-refractivity contribution >= 4 is 33.2 Å². The van der Waals surface area contributed by atoms with Crippen molar-refractivity contribution in [3.63, 3.8) is 0 Å². The zero-order valence-corrected chi connectivity index (χ0v) is 13.4. The zero-order chi connectivity index (χ0) is 14.8. The first kappa shape index (κ1) is 14.1. The van der Waals surface area contributed by atoms with Gasteiger partial charge in [0.25, 0.3) is 0 Å². The van der Waals surface area contributed by atoms with Gasteiger partial charge in [0.2, 0.25) is 5.91 Å². The Morgan fingerprint density at radius 1 is 1.38 bits per heavy atom. The molecule has 108 valence electrons. The standard InChI is InChI=1S/C16H16BrN3O/c1-11(21)20-5-4-13-7-15(2-3-16(13)20)19-9-12-6-14(17)10-18-8-12/h2-3,6-8,10,19H,4-5,9H2,1H3. The summed E-state index contributed by atoms with van der Waals surface area (Å²) < 4.78 is 0.979. The van der Waals surface area contributed by atoms with Gasteiger partial charge < -0.3 is 10.2 Å². The molecule has 0 aliphatic carbocycles. The average Bonchev–Trinajstić information content (AvgIpc) is 2.88. The second-order valence-corrected chi connectivity index (χ2v) is 6.04. The minimum absolute atomic E-state index is 0.106. The molecule has 1 aliphatic heterocycles. The van der Waals surface area contributed by atoms with Crippen LogP contribution in [0.5, 0.6) is 0 Å². The maximum absolute atomic E-state index is 11.5. The lowest BCUT2D eigenvalue weighted by Gasteiger charge is -2.15. The zero-order valence-electron chi connectivity index (χ0n) is 11.8. The van der Waals surface area contributed by atoms with Crippen LogP contribution in [0.2, 0.25) is 0 Å². The third-order valence-electron chi connectivity index (χ3n) is 3.61. The van der Waals surface area contributed by atoms with Crippen LogP contribution in [0.25, 0.3) is 0 Å². The number of pyridine rings is 1. The minimum atomic E-state index is 0.106. The first-order valence-electron chi connectivity index (χ1n) is 6.88. The van der Waals surface area contributed by atoms with Crippen molar-refractivity contribution in [3.05, 3.63) is 52.3 Å². The highest BCUT2D eigenvalue weighted by molar-refractivity contribution is 9.10. The van der Waals surface area contributed by atoms with Crippen LogP contribution in [0.15, 0.2) is 41.1 Å². The van der Waals surface area contributed by atoms with Gasteiger partial charge in [0, 0.05) is 48.3 Å². The van der Waals surface area contributed by atoms with Gasteiger partial charge in [-0.05, 0) is 57.7 Å². The Bertz CT molecular complexity index is 687. The topological polar surface area (TPSA) is 45.2 Å². The number of carbonyl (C=O) groups is 1. The van der Waals surface area contributed by atoms with Gasteiger partial charge in [0.1, 0.15) is 0 Å². The number of hydrogen-bond acceptors (Lipinski definition) is 3. The minimum Gasteiger partial charge on any atom is -0.381 e. The Labute approximate surface area is 132 Å². The molecule has 0 bridgehead atoms. The lowest BCUT2D eigenvalue weighted by Crippen LogP contribution is -2.25. The molecule has 1 aromatic carbocycles. The summed E-state index contributed by atoms with van der Waals surface area (Å²) in [5.74, 6) is 0.106. The maximum atomic E-state index is 11.5. The largest absolute Gasteiger partial charge is 0.381 e. The second kappa shape index (κ2) is 5.85. The molecule has 1 N–H and O–H groups in total. The van der Waals surface area contributed by atoms with Crippen molar-refractivity contribution in [3.8, 4) is 0 Å². The highest BCUT2D eigenvalue weighted by Gasteiger charge is 2.21. The van der Waals surface area contributed by atoms with Crippen LogP contribution in [-0.4, -0.2) is 17.4 Å². The van der Waals surface area contributed by atoms with Crippen molar-refractivity contribution in [1.29, 1.82) is 0 Å². The van der Waals surface area contributed by atoms with Gasteiger partial charge in [-0.3, -0.25) is 9.78 Å². The lowest BCUT2D eigenvalue weighted by atomic mass is 10.1.